The van der Waals surface area contributed by atoms with E-state index in [2.05, 4.69) is 5.32 Å². The van der Waals surface area contributed by atoms with E-state index >= 15 is 0 Å². The minimum Gasteiger partial charge on any atom is -0.493 e. The number of cyclic esters (lactones) is 1. The molecule has 1 atom stereocenters. The summed E-state index contributed by atoms with van der Waals surface area (Å²) in [5.41, 5.74) is 0.0241. The van der Waals surface area contributed by atoms with E-state index < -0.39 is 23.9 Å². The van der Waals surface area contributed by atoms with Crippen molar-refractivity contribution in [1.82, 2.24) is 0 Å². The topological polar surface area (TPSA) is 56.8 Å². The third-order valence-electron chi connectivity index (χ3n) is 3.78. The first-order valence-electron chi connectivity index (χ1n) is 7.25. The van der Waals surface area contributed by atoms with Crippen molar-refractivity contribution >= 4 is 11.7 Å². The Hall–Kier alpha value is -2.90. The molecule has 1 aliphatic heterocycles. The predicted molar refractivity (Wildman–Crippen MR) is 82.8 cm³/mol. The van der Waals surface area contributed by atoms with E-state index in [4.69, 9.17) is 14.2 Å². The van der Waals surface area contributed by atoms with Gasteiger partial charge in [0.05, 0.1) is 19.8 Å². The van der Waals surface area contributed by atoms with Gasteiger partial charge in [0.1, 0.15) is 5.56 Å². The molecule has 5 nitrogen and oxygen atoms in total. The van der Waals surface area contributed by atoms with Gasteiger partial charge in [0.2, 0.25) is 6.23 Å². The molecule has 0 fully saturated rings. The zero-order valence-corrected chi connectivity index (χ0v) is 13.3. The molecule has 1 N–H and O–H groups in total. The maximum absolute atomic E-state index is 12.8. The summed E-state index contributed by atoms with van der Waals surface area (Å²) in [5, 5.41) is 2.79. The van der Waals surface area contributed by atoms with Crippen molar-refractivity contribution in [3.05, 3.63) is 53.1 Å². The average molecular weight is 353 g/mol. The second-order valence-electron chi connectivity index (χ2n) is 5.27. The lowest BCUT2D eigenvalue weighted by Gasteiger charge is -2.16. The van der Waals surface area contributed by atoms with Gasteiger partial charge in [0.25, 0.3) is 0 Å². The molecular weight excluding hydrogens is 339 g/mol. The Balaban J connectivity index is 1.94. The fourth-order valence-corrected chi connectivity index (χ4v) is 2.64. The molecular formula is C17H14F3NO4. The number of nitrogens with one attached hydrogen (secondary N) is 1. The first-order valence-corrected chi connectivity index (χ1v) is 7.25. The quantitative estimate of drug-likeness (QED) is 0.842. The van der Waals surface area contributed by atoms with Gasteiger partial charge in [-0.05, 0) is 30.3 Å². The molecule has 2 aromatic carbocycles. The van der Waals surface area contributed by atoms with Crippen molar-refractivity contribution in [3.8, 4) is 11.5 Å². The zero-order chi connectivity index (χ0) is 18.2. The van der Waals surface area contributed by atoms with Crippen LogP contribution in [-0.4, -0.2) is 20.2 Å². The standard InChI is InChI=1S/C17H14F3NO4/c1-23-12-7-6-11-13(14(12)24-2)16(22)25-15(11)21-10-5-3-4-9(8-10)17(18,19)20/h3-8,15,21H,1-2H3. The van der Waals surface area contributed by atoms with Crippen LogP contribution in [0, 0.1) is 0 Å². The summed E-state index contributed by atoms with van der Waals surface area (Å²) >= 11 is 0. The third-order valence-corrected chi connectivity index (χ3v) is 3.78. The van der Waals surface area contributed by atoms with Gasteiger partial charge >= 0.3 is 12.1 Å². The van der Waals surface area contributed by atoms with Crippen molar-refractivity contribution in [2.24, 2.45) is 0 Å². The molecule has 0 saturated heterocycles. The molecule has 132 valence electrons. The summed E-state index contributed by atoms with van der Waals surface area (Å²) in [7, 11) is 2.82. The molecule has 0 radical (unpaired) electrons. The van der Waals surface area contributed by atoms with Gasteiger partial charge in [-0.25, -0.2) is 4.79 Å². The van der Waals surface area contributed by atoms with Crippen molar-refractivity contribution in [2.75, 3.05) is 19.5 Å². The Morgan fingerprint density at radius 2 is 1.88 bits per heavy atom. The van der Waals surface area contributed by atoms with Gasteiger partial charge in [-0.3, -0.25) is 0 Å². The maximum Gasteiger partial charge on any atom is 0.416 e. The van der Waals surface area contributed by atoms with E-state index in [9.17, 15) is 18.0 Å². The Bertz CT molecular complexity index is 820. The lowest BCUT2D eigenvalue weighted by molar-refractivity contribution is -0.137. The van der Waals surface area contributed by atoms with Crippen LogP contribution in [0.1, 0.15) is 27.7 Å². The Labute approximate surface area is 141 Å². The van der Waals surface area contributed by atoms with Crippen molar-refractivity contribution < 1.29 is 32.2 Å². The molecule has 25 heavy (non-hydrogen) atoms. The number of rotatable bonds is 4. The molecule has 1 heterocycles. The van der Waals surface area contributed by atoms with Gasteiger partial charge < -0.3 is 19.5 Å². The monoisotopic (exact) mass is 353 g/mol. The minimum atomic E-state index is -4.46. The number of halogens is 3. The van der Waals surface area contributed by atoms with Crippen LogP contribution in [0.2, 0.25) is 0 Å². The van der Waals surface area contributed by atoms with Crippen LogP contribution in [0.4, 0.5) is 18.9 Å². The van der Waals surface area contributed by atoms with Gasteiger partial charge in [0, 0.05) is 11.3 Å². The molecule has 0 amide bonds. The number of benzene rings is 2. The number of alkyl halides is 3. The highest BCUT2D eigenvalue weighted by molar-refractivity contribution is 5.98. The summed E-state index contributed by atoms with van der Waals surface area (Å²) in [6.45, 7) is 0. The predicted octanol–water partition coefficient (Wildman–Crippen LogP) is 4.00. The Kier molecular flexibility index (Phi) is 4.20. The van der Waals surface area contributed by atoms with E-state index in [0.717, 1.165) is 12.1 Å². The minimum absolute atomic E-state index is 0.176. The number of methoxy groups -OCH3 is 2. The molecule has 3 rings (SSSR count). The lowest BCUT2D eigenvalue weighted by Crippen LogP contribution is -2.11. The lowest BCUT2D eigenvalue weighted by atomic mass is 10.1. The van der Waals surface area contributed by atoms with E-state index in [-0.39, 0.29) is 17.0 Å². The second kappa shape index (κ2) is 6.19. The van der Waals surface area contributed by atoms with Crippen LogP contribution in [0.5, 0.6) is 11.5 Å². The number of ether oxygens (including phenoxy) is 3. The first kappa shape index (κ1) is 16.9. The fourth-order valence-electron chi connectivity index (χ4n) is 2.64. The normalized spacial score (nSPS) is 16.2. The summed E-state index contributed by atoms with van der Waals surface area (Å²) in [5.74, 6) is -0.0634. The molecule has 8 heteroatoms. The average Bonchev–Trinajstić information content (AvgIpc) is 2.89. The maximum atomic E-state index is 12.8. The van der Waals surface area contributed by atoms with Gasteiger partial charge in [-0.15, -0.1) is 0 Å². The molecule has 0 bridgehead atoms. The van der Waals surface area contributed by atoms with Crippen molar-refractivity contribution in [1.29, 1.82) is 0 Å². The van der Waals surface area contributed by atoms with Gasteiger partial charge in [-0.1, -0.05) is 6.07 Å². The van der Waals surface area contributed by atoms with E-state index in [1.807, 2.05) is 0 Å². The number of fused-ring (bicyclic) bond motifs is 1. The van der Waals surface area contributed by atoms with E-state index in [1.165, 1.54) is 26.4 Å². The molecule has 1 aliphatic rings. The smallest absolute Gasteiger partial charge is 0.416 e. The molecule has 0 aromatic heterocycles. The highest BCUT2D eigenvalue weighted by Gasteiger charge is 2.36. The molecule has 0 spiro atoms. The van der Waals surface area contributed by atoms with E-state index in [1.54, 1.807) is 12.1 Å². The largest absolute Gasteiger partial charge is 0.493 e. The number of esters is 1. The Morgan fingerprint density at radius 3 is 2.52 bits per heavy atom. The Morgan fingerprint density at radius 1 is 1.12 bits per heavy atom. The third kappa shape index (κ3) is 3.07. The van der Waals surface area contributed by atoms with Gasteiger partial charge in [0.15, 0.2) is 11.5 Å². The summed E-state index contributed by atoms with van der Waals surface area (Å²) in [6.07, 6.45) is -5.38. The van der Waals surface area contributed by atoms with Gasteiger partial charge in [-0.2, -0.15) is 13.2 Å². The number of hydrogen-bond donors (Lipinski definition) is 1. The van der Waals surface area contributed by atoms with Crippen LogP contribution in [0.3, 0.4) is 0 Å². The van der Waals surface area contributed by atoms with Crippen LogP contribution in [-0.2, 0) is 10.9 Å². The van der Waals surface area contributed by atoms with Crippen LogP contribution in [0.25, 0.3) is 0 Å². The molecule has 1 unspecified atom stereocenters. The number of carbonyl (C=O) groups is 1. The van der Waals surface area contributed by atoms with Crippen LogP contribution >= 0.6 is 0 Å². The molecule has 0 aliphatic carbocycles. The van der Waals surface area contributed by atoms with E-state index in [0.29, 0.717) is 11.3 Å². The van der Waals surface area contributed by atoms with Crippen molar-refractivity contribution in [2.45, 2.75) is 12.4 Å². The number of carbonyl (C=O) groups excluding carboxylic acids is 1. The number of hydrogen-bond acceptors (Lipinski definition) is 5. The van der Waals surface area contributed by atoms with Crippen molar-refractivity contribution in [3.63, 3.8) is 0 Å². The molecule has 2 aromatic rings. The highest BCUT2D eigenvalue weighted by atomic mass is 19.4. The second-order valence-corrected chi connectivity index (χ2v) is 5.27. The summed E-state index contributed by atoms with van der Waals surface area (Å²) in [6, 6.07) is 7.85. The summed E-state index contributed by atoms with van der Waals surface area (Å²) < 4.78 is 54.0. The number of anilines is 1. The fraction of sp³-hybridized carbons (Fsp3) is 0.235. The highest BCUT2D eigenvalue weighted by Crippen LogP contribution is 2.42. The van der Waals surface area contributed by atoms with Crippen LogP contribution in [0.15, 0.2) is 36.4 Å². The molecule has 0 saturated carbocycles. The first-order chi connectivity index (χ1) is 11.8. The SMILES string of the molecule is COc1ccc2c(c1OC)C(=O)OC2Nc1cccc(C(F)(F)F)c1. The van der Waals surface area contributed by atoms with Crippen LogP contribution < -0.4 is 14.8 Å². The zero-order valence-electron chi connectivity index (χ0n) is 13.3. The summed E-state index contributed by atoms with van der Waals surface area (Å²) in [4.78, 5) is 12.2.